The largest absolute Gasteiger partial charge is 0.399 e. The molecule has 0 spiro atoms. The zero-order valence-electron chi connectivity index (χ0n) is 9.52. The highest BCUT2D eigenvalue weighted by atomic mass is 32.1. The summed E-state index contributed by atoms with van der Waals surface area (Å²) >= 11 is 1.67. The molecule has 0 saturated heterocycles. The second-order valence-corrected chi connectivity index (χ2v) is 4.60. The van der Waals surface area contributed by atoms with Gasteiger partial charge in [-0.05, 0) is 47.0 Å². The molecule has 0 aliphatic rings. The van der Waals surface area contributed by atoms with Gasteiger partial charge in [-0.2, -0.15) is 11.3 Å². The Balaban J connectivity index is 2.25. The van der Waals surface area contributed by atoms with Gasteiger partial charge in [0.15, 0.2) is 0 Å². The second-order valence-electron chi connectivity index (χ2n) is 3.82. The average Bonchev–Trinajstić information content (AvgIpc) is 2.85. The molecular formula is C13H16N2OS. The van der Waals surface area contributed by atoms with E-state index in [1.165, 1.54) is 5.56 Å². The number of nitrogens with two attached hydrogens (primary N) is 1. The van der Waals surface area contributed by atoms with Crippen molar-refractivity contribution in [2.75, 3.05) is 24.2 Å². The first kappa shape index (κ1) is 12.0. The van der Waals surface area contributed by atoms with Crippen LogP contribution in [0.5, 0.6) is 0 Å². The number of nitrogen functional groups attached to an aromatic ring is 1. The Bertz CT molecular complexity index is 468. The summed E-state index contributed by atoms with van der Waals surface area (Å²) in [6.45, 7) is 0.966. The molecule has 0 aliphatic heterocycles. The molecule has 2 aromatic rings. The summed E-state index contributed by atoms with van der Waals surface area (Å²) in [5.41, 5.74) is 9.94. The monoisotopic (exact) mass is 248 g/mol. The number of aliphatic hydroxyl groups excluding tert-OH is 1. The zero-order valence-corrected chi connectivity index (χ0v) is 10.3. The summed E-state index contributed by atoms with van der Waals surface area (Å²) in [7, 11) is 0. The van der Waals surface area contributed by atoms with E-state index < -0.39 is 0 Å². The lowest BCUT2D eigenvalue weighted by molar-refractivity contribution is 0.292. The van der Waals surface area contributed by atoms with Crippen molar-refractivity contribution < 1.29 is 5.11 Å². The Morgan fingerprint density at radius 3 is 2.88 bits per heavy atom. The molecule has 0 amide bonds. The summed E-state index contributed by atoms with van der Waals surface area (Å²) in [6, 6.07) is 7.93. The number of thiophene rings is 1. The van der Waals surface area contributed by atoms with Gasteiger partial charge in [0, 0.05) is 30.1 Å². The van der Waals surface area contributed by atoms with Crippen LogP contribution in [0, 0.1) is 0 Å². The van der Waals surface area contributed by atoms with Crippen LogP contribution in [0.4, 0.5) is 11.4 Å². The van der Waals surface area contributed by atoms with E-state index in [4.69, 9.17) is 10.8 Å². The van der Waals surface area contributed by atoms with Gasteiger partial charge in [0.05, 0.1) is 0 Å². The number of rotatable bonds is 5. The Morgan fingerprint density at radius 1 is 1.29 bits per heavy atom. The molecule has 0 radical (unpaired) electrons. The van der Waals surface area contributed by atoms with Crippen LogP contribution in [0.15, 0.2) is 35.0 Å². The van der Waals surface area contributed by atoms with Crippen molar-refractivity contribution in [1.82, 2.24) is 0 Å². The maximum absolute atomic E-state index is 8.78. The zero-order chi connectivity index (χ0) is 12.1. The molecule has 4 N–H and O–H groups in total. The molecule has 4 heteroatoms. The maximum Gasteiger partial charge on any atom is 0.0447 e. The lowest BCUT2D eigenvalue weighted by atomic mass is 10.1. The molecule has 0 atom stereocenters. The fourth-order valence-corrected chi connectivity index (χ4v) is 2.33. The van der Waals surface area contributed by atoms with Crippen molar-refractivity contribution >= 4 is 22.7 Å². The van der Waals surface area contributed by atoms with Crippen LogP contribution in [0.2, 0.25) is 0 Å². The number of anilines is 2. The van der Waals surface area contributed by atoms with Crippen LogP contribution >= 0.6 is 11.3 Å². The van der Waals surface area contributed by atoms with Gasteiger partial charge in [-0.3, -0.25) is 0 Å². The van der Waals surface area contributed by atoms with Gasteiger partial charge in [-0.25, -0.2) is 0 Å². The van der Waals surface area contributed by atoms with Gasteiger partial charge in [-0.1, -0.05) is 0 Å². The third-order valence-electron chi connectivity index (χ3n) is 2.53. The van der Waals surface area contributed by atoms with Crippen LogP contribution in [0.1, 0.15) is 6.42 Å². The molecule has 1 aromatic carbocycles. The van der Waals surface area contributed by atoms with E-state index in [2.05, 4.69) is 22.1 Å². The minimum Gasteiger partial charge on any atom is -0.399 e. The Labute approximate surface area is 105 Å². The first-order valence-electron chi connectivity index (χ1n) is 5.58. The van der Waals surface area contributed by atoms with Gasteiger partial charge in [0.2, 0.25) is 0 Å². The summed E-state index contributed by atoms with van der Waals surface area (Å²) < 4.78 is 0. The second kappa shape index (κ2) is 5.70. The van der Waals surface area contributed by atoms with E-state index in [1.54, 1.807) is 11.3 Å². The molecule has 0 bridgehead atoms. The summed E-state index contributed by atoms with van der Waals surface area (Å²) in [4.78, 5) is 0. The van der Waals surface area contributed by atoms with Gasteiger partial charge in [-0.15, -0.1) is 0 Å². The predicted octanol–water partition coefficient (Wildman–Crippen LogP) is 2.79. The van der Waals surface area contributed by atoms with Crippen LogP contribution in [-0.2, 0) is 0 Å². The Kier molecular flexibility index (Phi) is 4.01. The average molecular weight is 248 g/mol. The van der Waals surface area contributed by atoms with E-state index in [1.807, 2.05) is 18.2 Å². The molecule has 0 unspecified atom stereocenters. The SMILES string of the molecule is Nc1ccc(NCCCO)c(-c2ccsc2)c1. The number of aliphatic hydroxyl groups is 1. The fourth-order valence-electron chi connectivity index (χ4n) is 1.67. The van der Waals surface area contributed by atoms with Gasteiger partial charge >= 0.3 is 0 Å². The first-order chi connectivity index (χ1) is 8.31. The van der Waals surface area contributed by atoms with Crippen molar-refractivity contribution in [1.29, 1.82) is 0 Å². The van der Waals surface area contributed by atoms with E-state index in [9.17, 15) is 0 Å². The molecule has 90 valence electrons. The normalized spacial score (nSPS) is 10.4. The standard InChI is InChI=1S/C13H16N2OS/c14-11-2-3-13(15-5-1-6-16)12(8-11)10-4-7-17-9-10/h2-4,7-9,15-16H,1,5-6,14H2. The smallest absolute Gasteiger partial charge is 0.0447 e. The highest BCUT2D eigenvalue weighted by Gasteiger charge is 2.05. The van der Waals surface area contributed by atoms with Crippen molar-refractivity contribution in [3.05, 3.63) is 35.0 Å². The van der Waals surface area contributed by atoms with E-state index >= 15 is 0 Å². The van der Waals surface area contributed by atoms with E-state index in [0.717, 1.165) is 29.9 Å². The van der Waals surface area contributed by atoms with E-state index in [-0.39, 0.29) is 6.61 Å². The van der Waals surface area contributed by atoms with Crippen LogP contribution in [0.3, 0.4) is 0 Å². The van der Waals surface area contributed by atoms with Crippen molar-refractivity contribution in [2.24, 2.45) is 0 Å². The molecule has 3 nitrogen and oxygen atoms in total. The third kappa shape index (κ3) is 2.99. The first-order valence-corrected chi connectivity index (χ1v) is 6.52. The van der Waals surface area contributed by atoms with Gasteiger partial charge < -0.3 is 16.2 Å². The minimum absolute atomic E-state index is 0.204. The molecule has 17 heavy (non-hydrogen) atoms. The third-order valence-corrected chi connectivity index (χ3v) is 3.21. The number of hydrogen-bond donors (Lipinski definition) is 3. The molecule has 0 aliphatic carbocycles. The highest BCUT2D eigenvalue weighted by Crippen LogP contribution is 2.31. The van der Waals surface area contributed by atoms with Crippen LogP contribution in [-0.4, -0.2) is 18.3 Å². The highest BCUT2D eigenvalue weighted by molar-refractivity contribution is 7.08. The topological polar surface area (TPSA) is 58.3 Å². The molecule has 1 aromatic heterocycles. The predicted molar refractivity (Wildman–Crippen MR) is 74.4 cm³/mol. The Morgan fingerprint density at radius 2 is 2.18 bits per heavy atom. The summed E-state index contributed by atoms with van der Waals surface area (Å²) in [5, 5.41) is 16.3. The Hall–Kier alpha value is -1.52. The van der Waals surface area contributed by atoms with Gasteiger partial charge in [0.1, 0.15) is 0 Å². The van der Waals surface area contributed by atoms with Crippen LogP contribution < -0.4 is 11.1 Å². The molecular weight excluding hydrogens is 232 g/mol. The molecule has 1 heterocycles. The lowest BCUT2D eigenvalue weighted by Gasteiger charge is -2.11. The molecule has 0 fully saturated rings. The number of nitrogens with one attached hydrogen (secondary N) is 1. The summed E-state index contributed by atoms with van der Waals surface area (Å²) in [6.07, 6.45) is 0.744. The molecule has 2 rings (SSSR count). The summed E-state index contributed by atoms with van der Waals surface area (Å²) in [5.74, 6) is 0. The lowest BCUT2D eigenvalue weighted by Crippen LogP contribution is -2.04. The number of benzene rings is 1. The number of hydrogen-bond acceptors (Lipinski definition) is 4. The maximum atomic E-state index is 8.78. The quantitative estimate of drug-likeness (QED) is 0.563. The van der Waals surface area contributed by atoms with Crippen molar-refractivity contribution in [3.63, 3.8) is 0 Å². The van der Waals surface area contributed by atoms with Crippen molar-refractivity contribution in [3.8, 4) is 11.1 Å². The van der Waals surface area contributed by atoms with Crippen molar-refractivity contribution in [2.45, 2.75) is 6.42 Å². The van der Waals surface area contributed by atoms with E-state index in [0.29, 0.717) is 0 Å². The van der Waals surface area contributed by atoms with Crippen LogP contribution in [0.25, 0.3) is 11.1 Å². The van der Waals surface area contributed by atoms with Gasteiger partial charge in [0.25, 0.3) is 0 Å². The minimum atomic E-state index is 0.204. The molecule has 0 saturated carbocycles. The fraction of sp³-hybridized carbons (Fsp3) is 0.231.